The summed E-state index contributed by atoms with van der Waals surface area (Å²) >= 11 is 0. The molecule has 1 N–H and O–H groups in total. The maximum Gasteiger partial charge on any atom is 0.0572 e. The van der Waals surface area contributed by atoms with E-state index in [0.717, 1.165) is 0 Å². The van der Waals surface area contributed by atoms with Crippen LogP contribution in [0.25, 0.3) is 0 Å². The number of hydrogen-bond donors (Lipinski definition) is 1. The molecular weight excluding hydrogens is 222 g/mol. The normalized spacial score (nSPS) is 25.9. The van der Waals surface area contributed by atoms with E-state index in [-0.39, 0.29) is 0 Å². The molecule has 2 rings (SSSR count). The highest BCUT2D eigenvalue weighted by Crippen LogP contribution is 2.23. The summed E-state index contributed by atoms with van der Waals surface area (Å²) in [6.45, 7) is 4.41. The predicted octanol–water partition coefficient (Wildman–Crippen LogP) is 3.60. The second-order valence-electron chi connectivity index (χ2n) is 5.51. The summed E-state index contributed by atoms with van der Waals surface area (Å²) in [6, 6.07) is 9.87. The monoisotopic (exact) mass is 247 g/mol. The van der Waals surface area contributed by atoms with Crippen LogP contribution in [-0.4, -0.2) is 19.3 Å². The van der Waals surface area contributed by atoms with Gasteiger partial charge in [-0.1, -0.05) is 29.8 Å². The lowest BCUT2D eigenvalue weighted by molar-refractivity contribution is 0.0614. The number of hydrogen-bond acceptors (Lipinski definition) is 2. The van der Waals surface area contributed by atoms with Crippen LogP contribution in [0.2, 0.25) is 0 Å². The van der Waals surface area contributed by atoms with Crippen molar-refractivity contribution in [3.63, 3.8) is 0 Å². The molecule has 1 atom stereocenters. The molecular formula is C16H25NO. The lowest BCUT2D eigenvalue weighted by atomic mass is 9.92. The second kappa shape index (κ2) is 6.35. The van der Waals surface area contributed by atoms with Crippen LogP contribution in [0.4, 0.5) is 0 Å². The molecule has 0 spiro atoms. The van der Waals surface area contributed by atoms with E-state index in [4.69, 9.17) is 4.74 Å². The number of ether oxygens (including phenoxy) is 1. The molecule has 2 nitrogen and oxygen atoms in total. The minimum Gasteiger partial charge on any atom is -0.381 e. The molecule has 0 saturated heterocycles. The first-order valence-electron chi connectivity index (χ1n) is 7.04. The summed E-state index contributed by atoms with van der Waals surface area (Å²) in [5.41, 5.74) is 2.73. The quantitative estimate of drug-likeness (QED) is 0.877. The van der Waals surface area contributed by atoms with Crippen LogP contribution in [0.3, 0.4) is 0 Å². The Balaban J connectivity index is 1.86. The molecule has 1 aliphatic rings. The van der Waals surface area contributed by atoms with Crippen LogP contribution in [0.15, 0.2) is 24.3 Å². The first-order valence-corrected chi connectivity index (χ1v) is 7.04. The lowest BCUT2D eigenvalue weighted by Gasteiger charge is -2.30. The number of rotatable bonds is 4. The van der Waals surface area contributed by atoms with Gasteiger partial charge >= 0.3 is 0 Å². The van der Waals surface area contributed by atoms with Crippen molar-refractivity contribution in [1.82, 2.24) is 5.32 Å². The molecule has 0 radical (unpaired) electrons. The summed E-state index contributed by atoms with van der Waals surface area (Å²) in [4.78, 5) is 0. The van der Waals surface area contributed by atoms with Gasteiger partial charge in [-0.25, -0.2) is 0 Å². The van der Waals surface area contributed by atoms with Gasteiger partial charge < -0.3 is 10.1 Å². The summed E-state index contributed by atoms with van der Waals surface area (Å²) in [5.74, 6) is 0. The zero-order valence-electron chi connectivity index (χ0n) is 11.8. The molecule has 1 aromatic rings. The third-order valence-corrected chi connectivity index (χ3v) is 4.04. The van der Waals surface area contributed by atoms with E-state index >= 15 is 0 Å². The molecule has 1 saturated carbocycles. The van der Waals surface area contributed by atoms with Crippen molar-refractivity contribution >= 4 is 0 Å². The largest absolute Gasteiger partial charge is 0.381 e. The third-order valence-electron chi connectivity index (χ3n) is 4.04. The molecule has 1 fully saturated rings. The van der Waals surface area contributed by atoms with Gasteiger partial charge in [-0.05, 0) is 45.1 Å². The van der Waals surface area contributed by atoms with Crippen molar-refractivity contribution in [3.05, 3.63) is 35.4 Å². The standard InChI is InChI=1S/C16H25NO/c1-12-5-4-6-14(11-12)13(2)17-15-7-9-16(18-3)10-8-15/h4-6,11,13,15-17H,7-10H2,1-3H3/t13-,15?,16?/m0/s1. The van der Waals surface area contributed by atoms with Crippen molar-refractivity contribution < 1.29 is 4.74 Å². The average Bonchev–Trinajstić information content (AvgIpc) is 2.39. The van der Waals surface area contributed by atoms with Gasteiger partial charge in [0, 0.05) is 19.2 Å². The van der Waals surface area contributed by atoms with Gasteiger partial charge in [-0.15, -0.1) is 0 Å². The Morgan fingerprint density at radius 3 is 2.56 bits per heavy atom. The molecule has 0 unspecified atom stereocenters. The predicted molar refractivity (Wildman–Crippen MR) is 75.8 cm³/mol. The fourth-order valence-electron chi connectivity index (χ4n) is 2.85. The van der Waals surface area contributed by atoms with Crippen LogP contribution in [0.1, 0.15) is 49.8 Å². The molecule has 0 aromatic heterocycles. The zero-order valence-corrected chi connectivity index (χ0v) is 11.8. The number of methoxy groups -OCH3 is 1. The van der Waals surface area contributed by atoms with E-state index < -0.39 is 0 Å². The van der Waals surface area contributed by atoms with Crippen molar-refractivity contribution in [2.75, 3.05) is 7.11 Å². The van der Waals surface area contributed by atoms with Crippen molar-refractivity contribution in [2.45, 2.75) is 57.7 Å². The van der Waals surface area contributed by atoms with Crippen LogP contribution in [-0.2, 0) is 4.74 Å². The highest BCUT2D eigenvalue weighted by atomic mass is 16.5. The Hall–Kier alpha value is -0.860. The van der Waals surface area contributed by atoms with Gasteiger partial charge in [0.25, 0.3) is 0 Å². The van der Waals surface area contributed by atoms with Crippen molar-refractivity contribution in [3.8, 4) is 0 Å². The SMILES string of the molecule is COC1CCC(N[C@@H](C)c2cccc(C)c2)CC1. The smallest absolute Gasteiger partial charge is 0.0572 e. The first kappa shape index (κ1) is 13.6. The lowest BCUT2D eigenvalue weighted by Crippen LogP contribution is -2.36. The van der Waals surface area contributed by atoms with E-state index in [9.17, 15) is 0 Å². The fourth-order valence-corrected chi connectivity index (χ4v) is 2.85. The van der Waals surface area contributed by atoms with Crippen LogP contribution < -0.4 is 5.32 Å². The van der Waals surface area contributed by atoms with E-state index in [2.05, 4.69) is 43.4 Å². The van der Waals surface area contributed by atoms with Gasteiger partial charge in [0.2, 0.25) is 0 Å². The maximum atomic E-state index is 5.42. The minimum atomic E-state index is 0.439. The average molecular weight is 247 g/mol. The Morgan fingerprint density at radius 2 is 1.94 bits per heavy atom. The summed E-state index contributed by atoms with van der Waals surface area (Å²) in [6.07, 6.45) is 5.32. The molecule has 2 heteroatoms. The van der Waals surface area contributed by atoms with Gasteiger partial charge in [0.05, 0.1) is 6.10 Å². The number of aryl methyl sites for hydroxylation is 1. The van der Waals surface area contributed by atoms with Gasteiger partial charge in [0.1, 0.15) is 0 Å². The van der Waals surface area contributed by atoms with Gasteiger partial charge in [0.15, 0.2) is 0 Å². The molecule has 0 amide bonds. The number of benzene rings is 1. The van der Waals surface area contributed by atoms with E-state index in [1.807, 2.05) is 7.11 Å². The first-order chi connectivity index (χ1) is 8.69. The maximum absolute atomic E-state index is 5.42. The van der Waals surface area contributed by atoms with Gasteiger partial charge in [-0.3, -0.25) is 0 Å². The molecule has 100 valence electrons. The van der Waals surface area contributed by atoms with Crippen molar-refractivity contribution in [1.29, 1.82) is 0 Å². The summed E-state index contributed by atoms with van der Waals surface area (Å²) in [5, 5.41) is 3.75. The Morgan fingerprint density at radius 1 is 1.22 bits per heavy atom. The number of nitrogens with one attached hydrogen (secondary N) is 1. The van der Waals surface area contributed by atoms with E-state index in [1.165, 1.54) is 36.8 Å². The van der Waals surface area contributed by atoms with Crippen LogP contribution in [0, 0.1) is 6.92 Å². The highest BCUT2D eigenvalue weighted by Gasteiger charge is 2.22. The van der Waals surface area contributed by atoms with Gasteiger partial charge in [-0.2, -0.15) is 0 Å². The minimum absolute atomic E-state index is 0.439. The van der Waals surface area contributed by atoms with Crippen LogP contribution >= 0.6 is 0 Å². The Bertz CT molecular complexity index is 369. The summed E-state index contributed by atoms with van der Waals surface area (Å²) in [7, 11) is 1.83. The third kappa shape index (κ3) is 3.56. The molecule has 0 aliphatic heterocycles. The molecule has 18 heavy (non-hydrogen) atoms. The zero-order chi connectivity index (χ0) is 13.0. The molecule has 0 heterocycles. The van der Waals surface area contributed by atoms with E-state index in [0.29, 0.717) is 18.2 Å². The Labute approximate surface area is 111 Å². The fraction of sp³-hybridized carbons (Fsp3) is 0.625. The topological polar surface area (TPSA) is 21.3 Å². The highest BCUT2D eigenvalue weighted by molar-refractivity contribution is 5.24. The molecule has 1 aliphatic carbocycles. The molecule has 0 bridgehead atoms. The van der Waals surface area contributed by atoms with E-state index in [1.54, 1.807) is 0 Å². The summed E-state index contributed by atoms with van der Waals surface area (Å²) < 4.78 is 5.42. The van der Waals surface area contributed by atoms with Crippen LogP contribution in [0.5, 0.6) is 0 Å². The second-order valence-corrected chi connectivity index (χ2v) is 5.51. The Kier molecular flexibility index (Phi) is 4.79. The molecule has 1 aromatic carbocycles. The van der Waals surface area contributed by atoms with Crippen molar-refractivity contribution in [2.24, 2.45) is 0 Å².